The zero-order chi connectivity index (χ0) is 19.1. The van der Waals surface area contributed by atoms with Gasteiger partial charge in [-0.25, -0.2) is 4.39 Å². The maximum Gasteiger partial charge on any atom is 0.231 e. The van der Waals surface area contributed by atoms with E-state index in [-0.39, 0.29) is 23.0 Å². The van der Waals surface area contributed by atoms with Crippen LogP contribution in [-0.4, -0.2) is 55.0 Å². The number of hydrogen-bond donors (Lipinski definition) is 0. The van der Waals surface area contributed by atoms with E-state index in [0.717, 1.165) is 44.2 Å². The first kappa shape index (κ1) is 18.4. The lowest BCUT2D eigenvalue weighted by Crippen LogP contribution is -2.50. The molecule has 2 aliphatic heterocycles. The molecule has 6 heteroatoms. The van der Waals surface area contributed by atoms with Gasteiger partial charge in [-0.3, -0.25) is 9.59 Å². The van der Waals surface area contributed by atoms with Crippen molar-refractivity contribution in [2.45, 2.75) is 38.6 Å². The second-order valence-corrected chi connectivity index (χ2v) is 8.43. The van der Waals surface area contributed by atoms with Crippen molar-refractivity contribution >= 4 is 11.8 Å². The smallest absolute Gasteiger partial charge is 0.231 e. The molecule has 1 saturated carbocycles. The van der Waals surface area contributed by atoms with E-state index >= 15 is 0 Å². The van der Waals surface area contributed by atoms with Gasteiger partial charge in [-0.2, -0.15) is 0 Å². The average Bonchev–Trinajstić information content (AvgIpc) is 3.33. The van der Waals surface area contributed by atoms with Gasteiger partial charge in [0.2, 0.25) is 11.8 Å². The van der Waals surface area contributed by atoms with Crippen molar-refractivity contribution in [2.24, 2.45) is 10.8 Å². The van der Waals surface area contributed by atoms with Gasteiger partial charge in [0.05, 0.1) is 17.4 Å². The molecule has 2 saturated heterocycles. The topological polar surface area (TPSA) is 49.9 Å². The van der Waals surface area contributed by atoms with Gasteiger partial charge in [-0.05, 0) is 49.8 Å². The largest absolute Gasteiger partial charge is 0.384 e. The van der Waals surface area contributed by atoms with Crippen LogP contribution in [0.5, 0.6) is 0 Å². The predicted molar refractivity (Wildman–Crippen MR) is 98.2 cm³/mol. The molecule has 5 nitrogen and oxygen atoms in total. The maximum absolute atomic E-state index is 13.3. The molecule has 1 aromatic rings. The molecule has 1 unspecified atom stereocenters. The summed E-state index contributed by atoms with van der Waals surface area (Å²) in [6, 6.07) is 6.33. The van der Waals surface area contributed by atoms with Crippen LogP contribution in [0.15, 0.2) is 24.3 Å². The Morgan fingerprint density at radius 1 is 1.15 bits per heavy atom. The zero-order valence-corrected chi connectivity index (χ0v) is 15.9. The molecule has 27 heavy (non-hydrogen) atoms. The maximum atomic E-state index is 13.3. The van der Waals surface area contributed by atoms with Gasteiger partial charge in [0.1, 0.15) is 5.82 Å². The molecular formula is C21H27FN2O3. The molecule has 1 spiro atoms. The summed E-state index contributed by atoms with van der Waals surface area (Å²) in [5.74, 6) is 0.0323. The Kier molecular flexibility index (Phi) is 4.70. The number of hydrogen-bond acceptors (Lipinski definition) is 3. The van der Waals surface area contributed by atoms with Crippen molar-refractivity contribution in [2.75, 3.05) is 33.4 Å². The third kappa shape index (κ3) is 3.35. The molecule has 2 heterocycles. The minimum Gasteiger partial charge on any atom is -0.384 e. The van der Waals surface area contributed by atoms with Crippen LogP contribution in [0.2, 0.25) is 0 Å². The number of likely N-dealkylation sites (tertiary alicyclic amines) is 2. The molecule has 3 aliphatic rings. The number of carbonyl (C=O) groups excluding carboxylic acids is 2. The SMILES string of the molecule is COCC1(C(=O)N2CCC3(CCCN(Cc4ccc(F)cc4)C3=O)C2)CC1. The highest BCUT2D eigenvalue weighted by molar-refractivity contribution is 5.89. The molecule has 1 atom stereocenters. The monoisotopic (exact) mass is 374 g/mol. The Morgan fingerprint density at radius 3 is 2.56 bits per heavy atom. The Bertz CT molecular complexity index is 731. The second kappa shape index (κ2) is 6.89. The van der Waals surface area contributed by atoms with Crippen LogP contribution in [0, 0.1) is 16.6 Å². The molecule has 1 aromatic carbocycles. The summed E-state index contributed by atoms with van der Waals surface area (Å²) in [5, 5.41) is 0. The first-order valence-corrected chi connectivity index (χ1v) is 9.80. The van der Waals surface area contributed by atoms with Gasteiger partial charge in [0.15, 0.2) is 0 Å². The van der Waals surface area contributed by atoms with Gasteiger partial charge < -0.3 is 14.5 Å². The van der Waals surface area contributed by atoms with Crippen molar-refractivity contribution in [1.82, 2.24) is 9.80 Å². The van der Waals surface area contributed by atoms with Gasteiger partial charge in [-0.1, -0.05) is 12.1 Å². The number of nitrogens with zero attached hydrogens (tertiary/aromatic N) is 2. The third-order valence-electron chi connectivity index (χ3n) is 6.48. The normalized spacial score (nSPS) is 26.7. The molecular weight excluding hydrogens is 347 g/mol. The number of methoxy groups -OCH3 is 1. The standard InChI is InChI=1S/C21H27FN2O3/c1-27-15-21(8-9-21)19(26)24-12-10-20(14-24)7-2-11-23(18(20)25)13-16-3-5-17(22)6-4-16/h3-6H,2,7-15H2,1H3. The molecule has 2 amide bonds. The lowest BCUT2D eigenvalue weighted by atomic mass is 9.78. The zero-order valence-electron chi connectivity index (χ0n) is 15.9. The van der Waals surface area contributed by atoms with Gasteiger partial charge >= 0.3 is 0 Å². The summed E-state index contributed by atoms with van der Waals surface area (Å²) >= 11 is 0. The summed E-state index contributed by atoms with van der Waals surface area (Å²) in [5.41, 5.74) is 0.146. The van der Waals surface area contributed by atoms with E-state index in [2.05, 4.69) is 0 Å². The highest BCUT2D eigenvalue weighted by atomic mass is 19.1. The van der Waals surface area contributed by atoms with Crippen LogP contribution in [0.1, 0.15) is 37.7 Å². The highest BCUT2D eigenvalue weighted by Crippen LogP contribution is 2.49. The summed E-state index contributed by atoms with van der Waals surface area (Å²) in [4.78, 5) is 30.0. The van der Waals surface area contributed by atoms with Gasteiger partial charge in [0.25, 0.3) is 0 Å². The van der Waals surface area contributed by atoms with E-state index in [0.29, 0.717) is 26.2 Å². The quantitative estimate of drug-likeness (QED) is 0.796. The Morgan fingerprint density at radius 2 is 1.89 bits per heavy atom. The second-order valence-electron chi connectivity index (χ2n) is 8.43. The molecule has 0 radical (unpaired) electrons. The fraction of sp³-hybridized carbons (Fsp3) is 0.619. The minimum atomic E-state index is -0.447. The van der Waals surface area contributed by atoms with E-state index in [1.54, 1.807) is 19.2 Å². The molecule has 0 aromatic heterocycles. The minimum absolute atomic E-state index is 0.143. The lowest BCUT2D eigenvalue weighted by molar-refractivity contribution is -0.147. The molecule has 0 bridgehead atoms. The van der Waals surface area contributed by atoms with Crippen LogP contribution in [0.25, 0.3) is 0 Å². The molecule has 4 rings (SSSR count). The fourth-order valence-electron chi connectivity index (χ4n) is 4.72. The number of benzene rings is 1. The average molecular weight is 374 g/mol. The highest BCUT2D eigenvalue weighted by Gasteiger charge is 2.56. The van der Waals surface area contributed by atoms with Crippen LogP contribution in [0.4, 0.5) is 4.39 Å². The summed E-state index contributed by atoms with van der Waals surface area (Å²) in [6.07, 6.45) is 4.28. The number of ether oxygens (including phenoxy) is 1. The van der Waals surface area contributed by atoms with Crippen LogP contribution in [0.3, 0.4) is 0 Å². The van der Waals surface area contributed by atoms with E-state index in [4.69, 9.17) is 4.74 Å². The number of piperidine rings is 1. The van der Waals surface area contributed by atoms with Gasteiger partial charge in [-0.15, -0.1) is 0 Å². The van der Waals surface area contributed by atoms with Crippen molar-refractivity contribution < 1.29 is 18.7 Å². The van der Waals surface area contributed by atoms with Crippen molar-refractivity contribution in [1.29, 1.82) is 0 Å². The lowest BCUT2D eigenvalue weighted by Gasteiger charge is -2.39. The van der Waals surface area contributed by atoms with Crippen molar-refractivity contribution in [3.8, 4) is 0 Å². The Labute approximate surface area is 159 Å². The number of carbonyl (C=O) groups is 2. The first-order valence-electron chi connectivity index (χ1n) is 9.80. The summed E-state index contributed by atoms with van der Waals surface area (Å²) in [7, 11) is 1.64. The van der Waals surface area contributed by atoms with Crippen molar-refractivity contribution in [3.05, 3.63) is 35.6 Å². The van der Waals surface area contributed by atoms with Gasteiger partial charge in [0, 0.05) is 33.3 Å². The predicted octanol–water partition coefficient (Wildman–Crippen LogP) is 2.59. The number of amides is 2. The van der Waals surface area contributed by atoms with Crippen LogP contribution < -0.4 is 0 Å². The number of halogens is 1. The molecule has 3 fully saturated rings. The Balaban J connectivity index is 1.44. The fourth-order valence-corrected chi connectivity index (χ4v) is 4.72. The van der Waals surface area contributed by atoms with E-state index in [9.17, 15) is 14.0 Å². The molecule has 0 N–H and O–H groups in total. The van der Waals surface area contributed by atoms with Crippen LogP contribution in [-0.2, 0) is 20.9 Å². The molecule has 1 aliphatic carbocycles. The van der Waals surface area contributed by atoms with Crippen molar-refractivity contribution in [3.63, 3.8) is 0 Å². The summed E-state index contributed by atoms with van der Waals surface area (Å²) < 4.78 is 18.4. The van der Waals surface area contributed by atoms with E-state index < -0.39 is 5.41 Å². The first-order chi connectivity index (χ1) is 13.0. The molecule has 146 valence electrons. The summed E-state index contributed by atoms with van der Waals surface area (Å²) in [6.45, 7) is 2.87. The third-order valence-corrected chi connectivity index (χ3v) is 6.48. The van der Waals surface area contributed by atoms with E-state index in [1.165, 1.54) is 12.1 Å². The van der Waals surface area contributed by atoms with Crippen LogP contribution >= 0.6 is 0 Å². The Hall–Kier alpha value is -1.95. The van der Waals surface area contributed by atoms with E-state index in [1.807, 2.05) is 9.80 Å². The number of rotatable bonds is 5.